The maximum Gasteiger partial charge on any atom is 0.225 e. The molecule has 2 saturated heterocycles. The zero-order valence-electron chi connectivity index (χ0n) is 20.0. The van der Waals surface area contributed by atoms with Gasteiger partial charge in [-0.1, -0.05) is 29.0 Å². The molecule has 0 aliphatic carbocycles. The molecule has 0 saturated carbocycles. The molecule has 9 heteroatoms. The molecule has 2 aliphatic heterocycles. The van der Waals surface area contributed by atoms with Crippen molar-refractivity contribution in [2.24, 2.45) is 5.92 Å². The molecule has 5 rings (SSSR count). The third-order valence-electron chi connectivity index (χ3n) is 7.08. The summed E-state index contributed by atoms with van der Waals surface area (Å²) in [6, 6.07) is 10.2. The topological polar surface area (TPSA) is 57.5 Å². The molecule has 2 aromatic heterocycles. The summed E-state index contributed by atoms with van der Waals surface area (Å²) in [5.74, 6) is 0.399. The normalized spacial score (nSPS) is 17.5. The zero-order valence-corrected chi connectivity index (χ0v) is 21.6. The van der Waals surface area contributed by atoms with Crippen molar-refractivity contribution in [1.82, 2.24) is 19.7 Å². The second-order valence-electron chi connectivity index (χ2n) is 9.32. The first-order valence-corrected chi connectivity index (χ1v) is 13.1. The van der Waals surface area contributed by atoms with E-state index in [0.717, 1.165) is 78.8 Å². The van der Waals surface area contributed by atoms with Crippen LogP contribution in [-0.4, -0.2) is 64.8 Å². The zero-order chi connectivity index (χ0) is 23.8. The van der Waals surface area contributed by atoms with E-state index in [0.29, 0.717) is 5.91 Å². The molecule has 0 atom stereocenters. The lowest BCUT2D eigenvalue weighted by atomic mass is 9.95. The molecule has 3 aromatic rings. The fourth-order valence-electron chi connectivity index (χ4n) is 5.06. The van der Waals surface area contributed by atoms with Crippen molar-refractivity contribution in [3.63, 3.8) is 0 Å². The summed E-state index contributed by atoms with van der Waals surface area (Å²) in [6.45, 7) is 11.2. The van der Waals surface area contributed by atoms with E-state index >= 15 is 0 Å². The predicted octanol–water partition coefficient (Wildman–Crippen LogP) is 4.47. The van der Waals surface area contributed by atoms with E-state index < -0.39 is 0 Å². The van der Waals surface area contributed by atoms with E-state index in [9.17, 15) is 4.79 Å². The average Bonchev–Trinajstić information content (AvgIpc) is 3.46. The molecular weight excluding hydrogens is 468 g/mol. The van der Waals surface area contributed by atoms with Crippen LogP contribution in [0.3, 0.4) is 0 Å². The van der Waals surface area contributed by atoms with Gasteiger partial charge in [0.15, 0.2) is 0 Å². The number of aryl methyl sites for hydroxylation is 3. The standard InChI is InChI=1S/C25H31ClN6OS/c1-17-4-7-21(26)16-22(17)29-12-14-30(15-13-29)23(33)20-8-10-31(11-9-20)24-27-28-25(34-24)32-18(2)5-6-19(32)3/h4-7,16,20H,8-15H2,1-3H3. The molecule has 0 N–H and O–H groups in total. The van der Waals surface area contributed by atoms with Crippen molar-refractivity contribution >= 4 is 39.7 Å². The molecule has 0 bridgehead atoms. The average molecular weight is 499 g/mol. The first kappa shape index (κ1) is 23.2. The molecule has 34 heavy (non-hydrogen) atoms. The monoisotopic (exact) mass is 498 g/mol. The van der Waals surface area contributed by atoms with Crippen molar-refractivity contribution in [1.29, 1.82) is 0 Å². The van der Waals surface area contributed by atoms with Gasteiger partial charge in [0.2, 0.25) is 16.2 Å². The highest BCUT2D eigenvalue weighted by Crippen LogP contribution is 2.30. The summed E-state index contributed by atoms with van der Waals surface area (Å²) in [5.41, 5.74) is 4.72. The van der Waals surface area contributed by atoms with Crippen LogP contribution in [0.5, 0.6) is 0 Å². The van der Waals surface area contributed by atoms with Crippen LogP contribution in [0.25, 0.3) is 5.13 Å². The number of piperidine rings is 1. The molecule has 2 aliphatic rings. The van der Waals surface area contributed by atoms with Crippen molar-refractivity contribution in [3.05, 3.63) is 52.3 Å². The number of nitrogens with zero attached hydrogens (tertiary/aromatic N) is 6. The SMILES string of the molecule is Cc1ccc(Cl)cc1N1CCN(C(=O)C2CCN(c3nnc(-n4c(C)ccc4C)s3)CC2)CC1. The van der Waals surface area contributed by atoms with E-state index in [-0.39, 0.29) is 5.92 Å². The number of anilines is 2. The first-order chi connectivity index (χ1) is 16.4. The number of hydrogen-bond donors (Lipinski definition) is 0. The Morgan fingerprint density at radius 3 is 2.21 bits per heavy atom. The van der Waals surface area contributed by atoms with Crippen molar-refractivity contribution < 1.29 is 4.79 Å². The summed E-state index contributed by atoms with van der Waals surface area (Å²) < 4.78 is 2.14. The number of halogens is 1. The number of amides is 1. The van der Waals surface area contributed by atoms with Gasteiger partial charge in [-0.15, -0.1) is 10.2 Å². The molecular formula is C25H31ClN6OS. The van der Waals surface area contributed by atoms with Gasteiger partial charge >= 0.3 is 0 Å². The highest BCUT2D eigenvalue weighted by Gasteiger charge is 2.31. The van der Waals surface area contributed by atoms with Crippen LogP contribution >= 0.6 is 22.9 Å². The summed E-state index contributed by atoms with van der Waals surface area (Å²) in [7, 11) is 0. The lowest BCUT2D eigenvalue weighted by molar-refractivity contribution is -0.136. The fourth-order valence-corrected chi connectivity index (χ4v) is 6.25. The largest absolute Gasteiger partial charge is 0.368 e. The van der Waals surface area contributed by atoms with E-state index in [4.69, 9.17) is 11.6 Å². The van der Waals surface area contributed by atoms with Crippen molar-refractivity contribution in [2.45, 2.75) is 33.6 Å². The van der Waals surface area contributed by atoms with Gasteiger partial charge < -0.3 is 14.7 Å². The molecule has 7 nitrogen and oxygen atoms in total. The van der Waals surface area contributed by atoms with Crippen LogP contribution in [0.1, 0.15) is 29.8 Å². The lowest BCUT2D eigenvalue weighted by Gasteiger charge is -2.39. The Kier molecular flexibility index (Phi) is 6.53. The smallest absolute Gasteiger partial charge is 0.225 e. The summed E-state index contributed by atoms with van der Waals surface area (Å²) in [6.07, 6.45) is 1.73. The third-order valence-corrected chi connectivity index (χ3v) is 8.29. The number of rotatable bonds is 4. The van der Waals surface area contributed by atoms with Gasteiger partial charge in [-0.2, -0.15) is 0 Å². The Morgan fingerprint density at radius 2 is 1.53 bits per heavy atom. The number of piperazine rings is 1. The molecule has 0 spiro atoms. The minimum atomic E-state index is 0.0945. The molecule has 0 radical (unpaired) electrons. The van der Waals surface area contributed by atoms with Gasteiger partial charge in [0.25, 0.3) is 0 Å². The van der Waals surface area contributed by atoms with Crippen LogP contribution in [0.4, 0.5) is 10.8 Å². The molecule has 1 amide bonds. The quantitative estimate of drug-likeness (QED) is 0.531. The van der Waals surface area contributed by atoms with Crippen molar-refractivity contribution in [2.75, 3.05) is 49.1 Å². The van der Waals surface area contributed by atoms with Crippen molar-refractivity contribution in [3.8, 4) is 5.13 Å². The van der Waals surface area contributed by atoms with Crippen LogP contribution in [0, 0.1) is 26.7 Å². The number of benzene rings is 1. The van der Waals surface area contributed by atoms with Gasteiger partial charge in [0.05, 0.1) is 0 Å². The molecule has 180 valence electrons. The number of aromatic nitrogens is 3. The third kappa shape index (κ3) is 4.53. The lowest BCUT2D eigenvalue weighted by Crippen LogP contribution is -2.51. The Hall–Kier alpha value is -2.58. The van der Waals surface area contributed by atoms with E-state index in [1.807, 2.05) is 12.1 Å². The van der Waals surface area contributed by atoms with Crippen LogP contribution < -0.4 is 9.80 Å². The minimum absolute atomic E-state index is 0.0945. The summed E-state index contributed by atoms with van der Waals surface area (Å²) in [4.78, 5) is 19.9. The summed E-state index contributed by atoms with van der Waals surface area (Å²) in [5, 5.41) is 11.5. The van der Waals surface area contributed by atoms with E-state index in [2.05, 4.69) is 68.4 Å². The van der Waals surface area contributed by atoms with Gasteiger partial charge in [0.1, 0.15) is 0 Å². The highest BCUT2D eigenvalue weighted by atomic mass is 35.5. The molecule has 2 fully saturated rings. The molecule has 1 aromatic carbocycles. The highest BCUT2D eigenvalue weighted by molar-refractivity contribution is 7.17. The second kappa shape index (κ2) is 9.58. The Balaban J connectivity index is 1.15. The summed E-state index contributed by atoms with van der Waals surface area (Å²) >= 11 is 7.83. The van der Waals surface area contributed by atoms with Gasteiger partial charge in [-0.05, 0) is 63.4 Å². The fraction of sp³-hybridized carbons (Fsp3) is 0.480. The number of carbonyl (C=O) groups is 1. The van der Waals surface area contributed by atoms with Crippen LogP contribution in [0.15, 0.2) is 30.3 Å². The number of hydrogen-bond acceptors (Lipinski definition) is 6. The maximum atomic E-state index is 13.2. The Bertz CT molecular complexity index is 1150. The molecule has 0 unspecified atom stereocenters. The second-order valence-corrected chi connectivity index (χ2v) is 10.7. The number of carbonyl (C=O) groups excluding carboxylic acids is 1. The van der Waals surface area contributed by atoms with Crippen LogP contribution in [0.2, 0.25) is 5.02 Å². The Morgan fingerprint density at radius 1 is 0.882 bits per heavy atom. The minimum Gasteiger partial charge on any atom is -0.368 e. The van der Waals surface area contributed by atoms with Gasteiger partial charge in [-0.3, -0.25) is 9.36 Å². The maximum absolute atomic E-state index is 13.2. The Labute approximate surface area is 209 Å². The predicted molar refractivity (Wildman–Crippen MR) is 139 cm³/mol. The van der Waals surface area contributed by atoms with Gasteiger partial charge in [0, 0.05) is 67.3 Å². The van der Waals surface area contributed by atoms with Crippen LogP contribution in [-0.2, 0) is 4.79 Å². The molecule has 4 heterocycles. The van der Waals surface area contributed by atoms with E-state index in [1.165, 1.54) is 11.3 Å². The first-order valence-electron chi connectivity index (χ1n) is 11.9. The van der Waals surface area contributed by atoms with Gasteiger partial charge in [-0.25, -0.2) is 0 Å². The van der Waals surface area contributed by atoms with E-state index in [1.54, 1.807) is 11.3 Å².